The van der Waals surface area contributed by atoms with Crippen LogP contribution in [-0.4, -0.2) is 11.8 Å². The van der Waals surface area contributed by atoms with E-state index in [4.69, 9.17) is 0 Å². The van der Waals surface area contributed by atoms with Crippen LogP contribution in [0.4, 0.5) is 10.1 Å². The molecule has 0 atom stereocenters. The Balaban J connectivity index is 2.46. The van der Waals surface area contributed by atoms with Crippen molar-refractivity contribution < 1.29 is 14.0 Å². The molecule has 1 aromatic rings. The van der Waals surface area contributed by atoms with E-state index in [2.05, 4.69) is 15.9 Å². The van der Waals surface area contributed by atoms with Gasteiger partial charge in [0.2, 0.25) is 0 Å². The van der Waals surface area contributed by atoms with Crippen LogP contribution in [0.5, 0.6) is 0 Å². The van der Waals surface area contributed by atoms with Gasteiger partial charge in [0, 0.05) is 16.6 Å². The van der Waals surface area contributed by atoms with E-state index in [-0.39, 0.29) is 5.69 Å². The number of carbonyl (C=O) groups is 2. The van der Waals surface area contributed by atoms with Crippen LogP contribution in [0.15, 0.2) is 34.8 Å². The number of nitrogens with zero attached hydrogens (tertiary/aromatic N) is 1. The predicted octanol–water partition coefficient (Wildman–Crippen LogP) is 2.02. The molecule has 1 heterocycles. The van der Waals surface area contributed by atoms with E-state index in [1.54, 1.807) is 6.07 Å². The molecule has 0 saturated carbocycles. The molecular weight excluding hydrogens is 265 g/mol. The molecule has 15 heavy (non-hydrogen) atoms. The lowest BCUT2D eigenvalue weighted by molar-refractivity contribution is -0.120. The van der Waals surface area contributed by atoms with Crippen molar-refractivity contribution in [3.63, 3.8) is 0 Å². The predicted molar refractivity (Wildman–Crippen MR) is 55.7 cm³/mol. The SMILES string of the molecule is O=C1C=CC(=O)N1c1ccc(Br)cc1F. The second-order valence-electron chi connectivity index (χ2n) is 2.94. The lowest BCUT2D eigenvalue weighted by Crippen LogP contribution is -2.30. The van der Waals surface area contributed by atoms with Gasteiger partial charge >= 0.3 is 0 Å². The zero-order valence-corrected chi connectivity index (χ0v) is 8.99. The van der Waals surface area contributed by atoms with E-state index in [9.17, 15) is 14.0 Å². The molecule has 0 bridgehead atoms. The zero-order valence-electron chi connectivity index (χ0n) is 7.41. The quantitative estimate of drug-likeness (QED) is 0.732. The van der Waals surface area contributed by atoms with Crippen LogP contribution in [0.1, 0.15) is 0 Å². The fourth-order valence-corrected chi connectivity index (χ4v) is 1.63. The fraction of sp³-hybridized carbons (Fsp3) is 0. The Hall–Kier alpha value is -1.49. The molecule has 0 unspecified atom stereocenters. The Morgan fingerprint density at radius 2 is 1.73 bits per heavy atom. The minimum atomic E-state index is -0.616. The van der Waals surface area contributed by atoms with Crippen molar-refractivity contribution in [2.45, 2.75) is 0 Å². The van der Waals surface area contributed by atoms with E-state index >= 15 is 0 Å². The number of anilines is 1. The number of carbonyl (C=O) groups excluding carboxylic acids is 2. The molecular formula is C10H5BrFNO2. The molecule has 0 radical (unpaired) electrons. The number of benzene rings is 1. The first kappa shape index (κ1) is 10.0. The second kappa shape index (κ2) is 3.58. The molecule has 3 nitrogen and oxygen atoms in total. The van der Waals surface area contributed by atoms with Crippen molar-refractivity contribution in [1.29, 1.82) is 0 Å². The number of imide groups is 1. The van der Waals surface area contributed by atoms with Gasteiger partial charge in [-0.2, -0.15) is 0 Å². The van der Waals surface area contributed by atoms with Gasteiger partial charge in [-0.3, -0.25) is 9.59 Å². The molecule has 0 aromatic heterocycles. The summed E-state index contributed by atoms with van der Waals surface area (Å²) in [7, 11) is 0. The van der Waals surface area contributed by atoms with Crippen molar-refractivity contribution in [3.8, 4) is 0 Å². The van der Waals surface area contributed by atoms with Crippen LogP contribution in [-0.2, 0) is 9.59 Å². The Bertz CT molecular complexity index is 466. The highest BCUT2D eigenvalue weighted by Crippen LogP contribution is 2.25. The third kappa shape index (κ3) is 1.70. The van der Waals surface area contributed by atoms with Crippen LogP contribution < -0.4 is 4.90 Å². The standard InChI is InChI=1S/C10H5BrFNO2/c11-6-1-2-8(7(12)5-6)13-9(14)3-4-10(13)15/h1-5H. The van der Waals surface area contributed by atoms with Crippen LogP contribution in [0.2, 0.25) is 0 Å². The first-order valence-corrected chi connectivity index (χ1v) is 4.90. The van der Waals surface area contributed by atoms with Crippen LogP contribution in [0.25, 0.3) is 0 Å². The van der Waals surface area contributed by atoms with Crippen molar-refractivity contribution in [2.24, 2.45) is 0 Å². The van der Waals surface area contributed by atoms with Gasteiger partial charge in [-0.25, -0.2) is 9.29 Å². The molecule has 76 valence electrons. The summed E-state index contributed by atoms with van der Waals surface area (Å²) in [5.74, 6) is -1.67. The highest BCUT2D eigenvalue weighted by atomic mass is 79.9. The maximum atomic E-state index is 13.4. The highest BCUT2D eigenvalue weighted by molar-refractivity contribution is 9.10. The lowest BCUT2D eigenvalue weighted by Gasteiger charge is -2.14. The summed E-state index contributed by atoms with van der Waals surface area (Å²) < 4.78 is 14.0. The summed E-state index contributed by atoms with van der Waals surface area (Å²) in [4.78, 5) is 23.3. The summed E-state index contributed by atoms with van der Waals surface area (Å²) >= 11 is 3.09. The topological polar surface area (TPSA) is 37.4 Å². The van der Waals surface area contributed by atoms with E-state index in [0.717, 1.165) is 17.1 Å². The molecule has 2 amide bonds. The molecule has 0 saturated heterocycles. The van der Waals surface area contributed by atoms with Crippen molar-refractivity contribution >= 4 is 33.4 Å². The largest absolute Gasteiger partial charge is 0.269 e. The number of hydrogen-bond donors (Lipinski definition) is 0. The molecule has 0 fully saturated rings. The second-order valence-corrected chi connectivity index (χ2v) is 3.86. The Morgan fingerprint density at radius 1 is 1.13 bits per heavy atom. The van der Waals surface area contributed by atoms with E-state index in [0.29, 0.717) is 4.47 Å². The number of amides is 2. The van der Waals surface area contributed by atoms with Crippen LogP contribution >= 0.6 is 15.9 Å². The number of hydrogen-bond acceptors (Lipinski definition) is 2. The van der Waals surface area contributed by atoms with Gasteiger partial charge in [-0.1, -0.05) is 15.9 Å². The molecule has 2 rings (SSSR count). The molecule has 0 spiro atoms. The normalized spacial score (nSPS) is 15.2. The lowest BCUT2D eigenvalue weighted by atomic mass is 10.3. The van der Waals surface area contributed by atoms with Gasteiger partial charge in [0.25, 0.3) is 11.8 Å². The number of rotatable bonds is 1. The molecule has 1 aromatic carbocycles. The first-order valence-electron chi connectivity index (χ1n) is 4.11. The monoisotopic (exact) mass is 269 g/mol. The Labute approximate surface area is 93.3 Å². The highest BCUT2D eigenvalue weighted by Gasteiger charge is 2.27. The van der Waals surface area contributed by atoms with Crippen molar-refractivity contribution in [3.05, 3.63) is 40.6 Å². The maximum absolute atomic E-state index is 13.4. The van der Waals surface area contributed by atoms with Crippen molar-refractivity contribution in [1.82, 2.24) is 0 Å². The third-order valence-electron chi connectivity index (χ3n) is 1.96. The smallest absolute Gasteiger partial charge is 0.258 e. The average molecular weight is 270 g/mol. The van der Waals surface area contributed by atoms with Gasteiger partial charge < -0.3 is 0 Å². The maximum Gasteiger partial charge on any atom is 0.258 e. The molecule has 0 N–H and O–H groups in total. The van der Waals surface area contributed by atoms with E-state index in [1.165, 1.54) is 12.1 Å². The van der Waals surface area contributed by atoms with Gasteiger partial charge in [0.15, 0.2) is 0 Å². The van der Waals surface area contributed by atoms with Gasteiger partial charge in [-0.05, 0) is 18.2 Å². The molecule has 0 aliphatic carbocycles. The summed E-state index contributed by atoms with van der Waals surface area (Å²) in [6.45, 7) is 0. The fourth-order valence-electron chi connectivity index (χ4n) is 1.30. The molecule has 5 heteroatoms. The summed E-state index contributed by atoms with van der Waals surface area (Å²) in [5, 5.41) is 0. The van der Waals surface area contributed by atoms with Gasteiger partial charge in [-0.15, -0.1) is 0 Å². The van der Waals surface area contributed by atoms with Gasteiger partial charge in [0.1, 0.15) is 5.82 Å². The summed E-state index contributed by atoms with van der Waals surface area (Å²) in [5.41, 5.74) is -0.0294. The van der Waals surface area contributed by atoms with E-state index in [1.807, 2.05) is 0 Å². The minimum absolute atomic E-state index is 0.0294. The molecule has 1 aliphatic heterocycles. The average Bonchev–Trinajstić information content (AvgIpc) is 2.48. The molecule has 1 aliphatic rings. The number of halogens is 2. The van der Waals surface area contributed by atoms with Crippen LogP contribution in [0, 0.1) is 5.82 Å². The first-order chi connectivity index (χ1) is 7.09. The van der Waals surface area contributed by atoms with Crippen molar-refractivity contribution in [2.75, 3.05) is 4.90 Å². The third-order valence-corrected chi connectivity index (χ3v) is 2.45. The Kier molecular flexibility index (Phi) is 2.40. The zero-order chi connectivity index (χ0) is 11.0. The Morgan fingerprint density at radius 3 is 2.27 bits per heavy atom. The van der Waals surface area contributed by atoms with Gasteiger partial charge in [0.05, 0.1) is 5.69 Å². The minimum Gasteiger partial charge on any atom is -0.269 e. The summed E-state index contributed by atoms with van der Waals surface area (Å²) in [6, 6.07) is 4.15. The summed E-state index contributed by atoms with van der Waals surface area (Å²) in [6.07, 6.45) is 2.23. The van der Waals surface area contributed by atoms with Crippen LogP contribution in [0.3, 0.4) is 0 Å². The van der Waals surface area contributed by atoms with E-state index < -0.39 is 17.6 Å².